The summed E-state index contributed by atoms with van der Waals surface area (Å²) in [6, 6.07) is 9.80. The molecule has 1 amide bonds. The summed E-state index contributed by atoms with van der Waals surface area (Å²) in [5.41, 5.74) is 9.09. The Labute approximate surface area is 119 Å². The molecule has 0 aliphatic rings. The Morgan fingerprint density at radius 2 is 1.85 bits per heavy atom. The summed E-state index contributed by atoms with van der Waals surface area (Å²) < 4.78 is 1.91. The third-order valence-corrected chi connectivity index (χ3v) is 3.37. The number of nitrogens with two attached hydrogens (primary N) is 1. The number of nitrogen functional groups attached to an aromatic ring is 1. The van der Waals surface area contributed by atoms with Crippen molar-refractivity contribution in [1.82, 2.24) is 4.57 Å². The van der Waals surface area contributed by atoms with Crippen LogP contribution in [0.15, 0.2) is 36.5 Å². The second-order valence-corrected chi connectivity index (χ2v) is 5.36. The van der Waals surface area contributed by atoms with Gasteiger partial charge in [-0.1, -0.05) is 17.7 Å². The van der Waals surface area contributed by atoms with Gasteiger partial charge in [-0.15, -0.1) is 0 Å². The van der Waals surface area contributed by atoms with Gasteiger partial charge in [-0.05, 0) is 39.0 Å². The molecule has 2 aromatic rings. The topological polar surface area (TPSA) is 51.3 Å². The van der Waals surface area contributed by atoms with Crippen molar-refractivity contribution < 1.29 is 4.79 Å². The molecule has 0 aliphatic carbocycles. The number of amides is 1. The molecule has 1 aromatic carbocycles. The predicted molar refractivity (Wildman–Crippen MR) is 83.1 cm³/mol. The maximum atomic E-state index is 12.6. The largest absolute Gasteiger partial charge is 0.397 e. The highest BCUT2D eigenvalue weighted by molar-refractivity contribution is 6.05. The summed E-state index contributed by atoms with van der Waals surface area (Å²) in [7, 11) is 1.78. The Morgan fingerprint density at radius 1 is 1.25 bits per heavy atom. The molecule has 0 saturated heterocycles. The fourth-order valence-electron chi connectivity index (χ4n) is 2.16. The van der Waals surface area contributed by atoms with Crippen molar-refractivity contribution in [3.8, 4) is 0 Å². The van der Waals surface area contributed by atoms with Crippen LogP contribution in [0.2, 0.25) is 0 Å². The van der Waals surface area contributed by atoms with Crippen LogP contribution in [0.25, 0.3) is 0 Å². The molecular formula is C16H21N3O. The van der Waals surface area contributed by atoms with E-state index in [-0.39, 0.29) is 11.9 Å². The zero-order chi connectivity index (χ0) is 14.9. The third-order valence-electron chi connectivity index (χ3n) is 3.37. The minimum atomic E-state index is -0.0562. The quantitative estimate of drug-likeness (QED) is 0.931. The van der Waals surface area contributed by atoms with Gasteiger partial charge in [-0.3, -0.25) is 4.79 Å². The van der Waals surface area contributed by atoms with Gasteiger partial charge in [0.1, 0.15) is 5.69 Å². The second-order valence-electron chi connectivity index (χ2n) is 5.36. The number of benzene rings is 1. The Kier molecular flexibility index (Phi) is 3.84. The molecule has 4 nitrogen and oxygen atoms in total. The van der Waals surface area contributed by atoms with Crippen LogP contribution >= 0.6 is 0 Å². The minimum absolute atomic E-state index is 0.0562. The molecule has 0 spiro atoms. The van der Waals surface area contributed by atoms with E-state index in [9.17, 15) is 4.79 Å². The average molecular weight is 271 g/mol. The summed E-state index contributed by atoms with van der Waals surface area (Å²) in [4.78, 5) is 14.3. The van der Waals surface area contributed by atoms with Crippen LogP contribution in [-0.4, -0.2) is 17.5 Å². The van der Waals surface area contributed by atoms with E-state index < -0.39 is 0 Å². The van der Waals surface area contributed by atoms with E-state index in [4.69, 9.17) is 5.73 Å². The lowest BCUT2D eigenvalue weighted by Gasteiger charge is -2.20. The minimum Gasteiger partial charge on any atom is -0.397 e. The Morgan fingerprint density at radius 3 is 2.40 bits per heavy atom. The molecule has 0 radical (unpaired) electrons. The Bertz CT molecular complexity index is 611. The van der Waals surface area contributed by atoms with E-state index in [1.165, 1.54) is 5.56 Å². The lowest BCUT2D eigenvalue weighted by Crippen LogP contribution is -2.28. The number of hydrogen-bond acceptors (Lipinski definition) is 2. The molecule has 0 unspecified atom stereocenters. The lowest BCUT2D eigenvalue weighted by atomic mass is 10.2. The van der Waals surface area contributed by atoms with Crippen LogP contribution in [0.1, 0.15) is 35.9 Å². The maximum absolute atomic E-state index is 12.6. The molecule has 0 fully saturated rings. The van der Waals surface area contributed by atoms with Crippen LogP contribution in [-0.2, 0) is 0 Å². The first-order valence-electron chi connectivity index (χ1n) is 6.72. The Hall–Kier alpha value is -2.23. The van der Waals surface area contributed by atoms with Crippen LogP contribution in [0, 0.1) is 6.92 Å². The summed E-state index contributed by atoms with van der Waals surface area (Å²) >= 11 is 0. The monoisotopic (exact) mass is 271 g/mol. The SMILES string of the molecule is Cc1ccc(N(C)C(=O)c2cc(N)cn2C(C)C)cc1. The van der Waals surface area contributed by atoms with Crippen molar-refractivity contribution in [2.45, 2.75) is 26.8 Å². The molecule has 1 heterocycles. The van der Waals surface area contributed by atoms with E-state index in [0.29, 0.717) is 11.4 Å². The number of hydrogen-bond donors (Lipinski definition) is 1. The van der Waals surface area contributed by atoms with Gasteiger partial charge in [-0.25, -0.2) is 0 Å². The normalized spacial score (nSPS) is 10.8. The van der Waals surface area contributed by atoms with Crippen LogP contribution in [0.4, 0.5) is 11.4 Å². The summed E-state index contributed by atoms with van der Waals surface area (Å²) in [5.74, 6) is -0.0562. The first kappa shape index (κ1) is 14.2. The zero-order valence-electron chi connectivity index (χ0n) is 12.4. The van der Waals surface area contributed by atoms with Crippen molar-refractivity contribution >= 4 is 17.3 Å². The molecule has 1 aromatic heterocycles. The number of anilines is 2. The lowest BCUT2D eigenvalue weighted by molar-refractivity contribution is 0.0982. The zero-order valence-corrected chi connectivity index (χ0v) is 12.4. The molecule has 106 valence electrons. The molecule has 4 heteroatoms. The van der Waals surface area contributed by atoms with E-state index >= 15 is 0 Å². The molecule has 0 bridgehead atoms. The van der Waals surface area contributed by atoms with Gasteiger partial charge in [0, 0.05) is 25.0 Å². The van der Waals surface area contributed by atoms with Gasteiger partial charge in [0.2, 0.25) is 0 Å². The molecule has 0 atom stereocenters. The fourth-order valence-corrected chi connectivity index (χ4v) is 2.16. The van der Waals surface area contributed by atoms with E-state index in [1.807, 2.05) is 49.6 Å². The second kappa shape index (κ2) is 5.41. The van der Waals surface area contributed by atoms with Gasteiger partial charge in [0.05, 0.1) is 5.69 Å². The molecular weight excluding hydrogens is 250 g/mol. The van der Waals surface area contributed by atoms with Gasteiger partial charge in [0.25, 0.3) is 5.91 Å². The summed E-state index contributed by atoms with van der Waals surface area (Å²) in [5, 5.41) is 0. The number of nitrogens with zero attached hydrogens (tertiary/aromatic N) is 2. The van der Waals surface area contributed by atoms with Crippen LogP contribution < -0.4 is 10.6 Å². The maximum Gasteiger partial charge on any atom is 0.274 e. The first-order chi connectivity index (χ1) is 9.40. The van der Waals surface area contributed by atoms with Crippen LogP contribution in [0.3, 0.4) is 0 Å². The molecule has 20 heavy (non-hydrogen) atoms. The number of aryl methyl sites for hydroxylation is 1. The van der Waals surface area contributed by atoms with Crippen molar-refractivity contribution in [2.75, 3.05) is 17.7 Å². The van der Waals surface area contributed by atoms with Crippen molar-refractivity contribution in [2.24, 2.45) is 0 Å². The highest BCUT2D eigenvalue weighted by Gasteiger charge is 2.19. The Balaban J connectivity index is 2.33. The van der Waals surface area contributed by atoms with Gasteiger partial charge < -0.3 is 15.2 Å². The number of rotatable bonds is 3. The van der Waals surface area contributed by atoms with E-state index in [0.717, 1.165) is 5.69 Å². The van der Waals surface area contributed by atoms with Crippen LogP contribution in [0.5, 0.6) is 0 Å². The fraction of sp³-hybridized carbons (Fsp3) is 0.312. The number of carbonyl (C=O) groups is 1. The smallest absolute Gasteiger partial charge is 0.274 e. The third kappa shape index (κ3) is 2.69. The number of aromatic nitrogens is 1. The standard InChI is InChI=1S/C16H21N3O/c1-11(2)19-10-13(17)9-15(19)16(20)18(4)14-7-5-12(3)6-8-14/h5-11H,17H2,1-4H3. The van der Waals surface area contributed by atoms with Gasteiger partial charge >= 0.3 is 0 Å². The molecule has 0 aliphatic heterocycles. The van der Waals surface area contributed by atoms with Gasteiger partial charge in [-0.2, -0.15) is 0 Å². The summed E-state index contributed by atoms with van der Waals surface area (Å²) in [6.45, 7) is 6.08. The van der Waals surface area contributed by atoms with Crippen molar-refractivity contribution in [3.05, 3.63) is 47.8 Å². The van der Waals surface area contributed by atoms with Crippen molar-refractivity contribution in [3.63, 3.8) is 0 Å². The highest BCUT2D eigenvalue weighted by Crippen LogP contribution is 2.21. The molecule has 2 N–H and O–H groups in total. The van der Waals surface area contributed by atoms with Gasteiger partial charge in [0.15, 0.2) is 0 Å². The molecule has 2 rings (SSSR count). The predicted octanol–water partition coefficient (Wildman–Crippen LogP) is 3.24. The first-order valence-corrected chi connectivity index (χ1v) is 6.72. The molecule has 0 saturated carbocycles. The average Bonchev–Trinajstić information content (AvgIpc) is 2.80. The summed E-state index contributed by atoms with van der Waals surface area (Å²) in [6.07, 6.45) is 1.81. The van der Waals surface area contributed by atoms with Crippen molar-refractivity contribution in [1.29, 1.82) is 0 Å². The number of carbonyl (C=O) groups excluding carboxylic acids is 1. The highest BCUT2D eigenvalue weighted by atomic mass is 16.2. The van der Waals surface area contributed by atoms with E-state index in [2.05, 4.69) is 0 Å². The van der Waals surface area contributed by atoms with E-state index in [1.54, 1.807) is 24.2 Å².